The summed E-state index contributed by atoms with van der Waals surface area (Å²) in [6.45, 7) is 3.24. The Hall–Kier alpha value is -2.37. The van der Waals surface area contributed by atoms with Crippen molar-refractivity contribution in [3.05, 3.63) is 29.8 Å². The molecule has 0 aromatic heterocycles. The van der Waals surface area contributed by atoms with Gasteiger partial charge in [0.15, 0.2) is 0 Å². The van der Waals surface area contributed by atoms with Crippen molar-refractivity contribution in [2.24, 2.45) is 5.41 Å². The third-order valence-corrected chi connectivity index (χ3v) is 3.57. The van der Waals surface area contributed by atoms with Gasteiger partial charge in [-0.1, -0.05) is 12.1 Å². The molecule has 0 atom stereocenters. The molecule has 1 aromatic carbocycles. The first kappa shape index (κ1) is 15.0. The van der Waals surface area contributed by atoms with Gasteiger partial charge in [-0.05, 0) is 38.0 Å². The molecule has 6 heteroatoms. The van der Waals surface area contributed by atoms with Crippen LogP contribution in [0, 0.1) is 5.41 Å². The molecule has 1 aromatic rings. The number of hydrogen-bond donors (Lipinski definition) is 1. The molecule has 0 spiro atoms. The summed E-state index contributed by atoms with van der Waals surface area (Å²) < 4.78 is 5.13. The van der Waals surface area contributed by atoms with Gasteiger partial charge in [0.25, 0.3) is 0 Å². The van der Waals surface area contributed by atoms with Crippen molar-refractivity contribution in [3.8, 4) is 5.75 Å². The SMILES string of the molecule is COc1cccc(CCN2C(=O)NC(=O)C(C)(C)C2=O)c1. The molecule has 0 aliphatic carbocycles. The molecule has 1 aliphatic rings. The average molecular weight is 290 g/mol. The summed E-state index contributed by atoms with van der Waals surface area (Å²) in [5.41, 5.74) is -0.271. The lowest BCUT2D eigenvalue weighted by molar-refractivity contribution is -0.148. The highest BCUT2D eigenvalue weighted by molar-refractivity contribution is 6.18. The van der Waals surface area contributed by atoms with Crippen molar-refractivity contribution in [1.29, 1.82) is 0 Å². The number of nitrogens with one attached hydrogen (secondary N) is 1. The van der Waals surface area contributed by atoms with Gasteiger partial charge in [-0.2, -0.15) is 0 Å². The van der Waals surface area contributed by atoms with Crippen LogP contribution < -0.4 is 10.1 Å². The minimum absolute atomic E-state index is 0.217. The minimum atomic E-state index is -1.22. The second kappa shape index (κ2) is 5.55. The van der Waals surface area contributed by atoms with Crippen molar-refractivity contribution < 1.29 is 19.1 Å². The quantitative estimate of drug-likeness (QED) is 0.849. The number of hydrogen-bond acceptors (Lipinski definition) is 4. The van der Waals surface area contributed by atoms with E-state index in [1.54, 1.807) is 7.11 Å². The van der Waals surface area contributed by atoms with Crippen LogP contribution >= 0.6 is 0 Å². The number of nitrogens with zero attached hydrogens (tertiary/aromatic N) is 1. The van der Waals surface area contributed by atoms with Crippen LogP contribution in [0.4, 0.5) is 4.79 Å². The first-order valence-corrected chi connectivity index (χ1v) is 6.66. The van der Waals surface area contributed by atoms with E-state index in [0.717, 1.165) is 16.2 Å². The first-order chi connectivity index (χ1) is 9.86. The highest BCUT2D eigenvalue weighted by Crippen LogP contribution is 2.23. The largest absolute Gasteiger partial charge is 0.497 e. The van der Waals surface area contributed by atoms with Crippen LogP contribution in [-0.4, -0.2) is 36.4 Å². The fourth-order valence-electron chi connectivity index (χ4n) is 2.12. The van der Waals surface area contributed by atoms with Crippen LogP contribution in [0.3, 0.4) is 0 Å². The zero-order valence-corrected chi connectivity index (χ0v) is 12.3. The van der Waals surface area contributed by atoms with Crippen molar-refractivity contribution in [1.82, 2.24) is 10.2 Å². The summed E-state index contributed by atoms with van der Waals surface area (Å²) in [6.07, 6.45) is 0.501. The van der Waals surface area contributed by atoms with Gasteiger partial charge in [0.2, 0.25) is 11.8 Å². The Morgan fingerprint density at radius 2 is 1.95 bits per heavy atom. The van der Waals surface area contributed by atoms with E-state index in [9.17, 15) is 14.4 Å². The molecule has 1 saturated heterocycles. The molecule has 0 bridgehead atoms. The fraction of sp³-hybridized carbons (Fsp3) is 0.400. The predicted molar refractivity (Wildman–Crippen MR) is 75.7 cm³/mol. The summed E-state index contributed by atoms with van der Waals surface area (Å²) in [6, 6.07) is 6.75. The lowest BCUT2D eigenvalue weighted by Crippen LogP contribution is -2.62. The molecule has 1 fully saturated rings. The van der Waals surface area contributed by atoms with Crippen LogP contribution in [0.2, 0.25) is 0 Å². The second-order valence-electron chi connectivity index (χ2n) is 5.44. The molecule has 112 valence electrons. The molecular weight excluding hydrogens is 272 g/mol. The van der Waals surface area contributed by atoms with E-state index in [1.807, 2.05) is 24.3 Å². The fourth-order valence-corrected chi connectivity index (χ4v) is 2.12. The van der Waals surface area contributed by atoms with E-state index in [-0.39, 0.29) is 6.54 Å². The van der Waals surface area contributed by atoms with E-state index in [0.29, 0.717) is 6.42 Å². The number of rotatable bonds is 4. The van der Waals surface area contributed by atoms with Gasteiger partial charge in [0.05, 0.1) is 7.11 Å². The normalized spacial score (nSPS) is 17.7. The Bertz CT molecular complexity index is 595. The number of imide groups is 2. The Balaban J connectivity index is 2.09. The number of ether oxygens (including phenoxy) is 1. The molecule has 1 heterocycles. The van der Waals surface area contributed by atoms with E-state index in [1.165, 1.54) is 13.8 Å². The number of carbonyl (C=O) groups is 3. The number of barbiturate groups is 1. The number of urea groups is 1. The molecule has 1 aliphatic heterocycles. The maximum absolute atomic E-state index is 12.2. The third-order valence-electron chi connectivity index (χ3n) is 3.57. The molecule has 1 N–H and O–H groups in total. The molecule has 21 heavy (non-hydrogen) atoms. The summed E-state index contributed by atoms with van der Waals surface area (Å²) in [5.74, 6) is -0.313. The van der Waals surface area contributed by atoms with Crippen LogP contribution in [0.25, 0.3) is 0 Å². The monoisotopic (exact) mass is 290 g/mol. The summed E-state index contributed by atoms with van der Waals surface area (Å²) in [7, 11) is 1.58. The molecule has 6 nitrogen and oxygen atoms in total. The van der Waals surface area contributed by atoms with Gasteiger partial charge in [-0.15, -0.1) is 0 Å². The van der Waals surface area contributed by atoms with Gasteiger partial charge >= 0.3 is 6.03 Å². The second-order valence-corrected chi connectivity index (χ2v) is 5.44. The Kier molecular flexibility index (Phi) is 3.97. The first-order valence-electron chi connectivity index (χ1n) is 6.66. The van der Waals surface area contributed by atoms with Crippen LogP contribution in [-0.2, 0) is 16.0 Å². The van der Waals surface area contributed by atoms with Crippen LogP contribution in [0.1, 0.15) is 19.4 Å². The lowest BCUT2D eigenvalue weighted by atomic mass is 9.88. The maximum atomic E-state index is 12.2. The molecule has 0 radical (unpaired) electrons. The zero-order chi connectivity index (χ0) is 15.6. The minimum Gasteiger partial charge on any atom is -0.497 e. The van der Waals surface area contributed by atoms with E-state index in [2.05, 4.69) is 5.32 Å². The topological polar surface area (TPSA) is 75.7 Å². The molecule has 4 amide bonds. The number of benzene rings is 1. The maximum Gasteiger partial charge on any atom is 0.330 e. The van der Waals surface area contributed by atoms with Gasteiger partial charge in [0.1, 0.15) is 11.2 Å². The van der Waals surface area contributed by atoms with E-state index in [4.69, 9.17) is 4.74 Å². The van der Waals surface area contributed by atoms with Crippen molar-refractivity contribution in [2.45, 2.75) is 20.3 Å². The highest BCUT2D eigenvalue weighted by atomic mass is 16.5. The molecule has 2 rings (SSSR count). The standard InChI is InChI=1S/C15H18N2O4/c1-15(2)12(18)16-14(20)17(13(15)19)8-7-10-5-4-6-11(9-10)21-3/h4-6,9H,7-8H2,1-3H3,(H,16,18,20). The number of amides is 4. The molecule has 0 saturated carbocycles. The lowest BCUT2D eigenvalue weighted by Gasteiger charge is -2.34. The predicted octanol–water partition coefficient (Wildman–Crippen LogP) is 1.34. The number of methoxy groups -OCH3 is 1. The Morgan fingerprint density at radius 1 is 1.24 bits per heavy atom. The summed E-state index contributed by atoms with van der Waals surface area (Å²) in [5, 5.41) is 2.21. The highest BCUT2D eigenvalue weighted by Gasteiger charge is 2.46. The Labute approximate surface area is 123 Å². The van der Waals surface area contributed by atoms with E-state index >= 15 is 0 Å². The van der Waals surface area contributed by atoms with Crippen molar-refractivity contribution in [3.63, 3.8) is 0 Å². The number of carbonyl (C=O) groups excluding carboxylic acids is 3. The van der Waals surface area contributed by atoms with Gasteiger partial charge in [-0.3, -0.25) is 19.8 Å². The molecule has 0 unspecified atom stereocenters. The van der Waals surface area contributed by atoms with E-state index < -0.39 is 23.3 Å². The van der Waals surface area contributed by atoms with Gasteiger partial charge in [-0.25, -0.2) is 4.79 Å². The van der Waals surface area contributed by atoms with Crippen LogP contribution in [0.15, 0.2) is 24.3 Å². The average Bonchev–Trinajstić information content (AvgIpc) is 2.46. The summed E-state index contributed by atoms with van der Waals surface area (Å²) in [4.78, 5) is 36.8. The van der Waals surface area contributed by atoms with Crippen LogP contribution in [0.5, 0.6) is 5.75 Å². The van der Waals surface area contributed by atoms with Crippen molar-refractivity contribution >= 4 is 17.8 Å². The Morgan fingerprint density at radius 3 is 2.62 bits per heavy atom. The van der Waals surface area contributed by atoms with Crippen molar-refractivity contribution in [2.75, 3.05) is 13.7 Å². The third kappa shape index (κ3) is 2.89. The zero-order valence-electron chi connectivity index (χ0n) is 12.3. The van der Waals surface area contributed by atoms with Gasteiger partial charge in [0, 0.05) is 6.54 Å². The smallest absolute Gasteiger partial charge is 0.330 e. The van der Waals surface area contributed by atoms with Gasteiger partial charge < -0.3 is 4.74 Å². The molecular formula is C15H18N2O4. The summed E-state index contributed by atoms with van der Waals surface area (Å²) >= 11 is 0.